The monoisotopic (exact) mass is 176 g/mol. The van der Waals surface area contributed by atoms with Gasteiger partial charge < -0.3 is 5.73 Å². The van der Waals surface area contributed by atoms with Crippen LogP contribution in [0.4, 0.5) is 8.78 Å². The van der Waals surface area contributed by atoms with Crippen LogP contribution in [0.2, 0.25) is 0 Å². The van der Waals surface area contributed by atoms with Gasteiger partial charge in [-0.2, -0.15) is 0 Å². The first-order valence-electron chi connectivity index (χ1n) is 4.41. The normalized spacial score (nSPS) is 31.2. The highest BCUT2D eigenvalue weighted by molar-refractivity contribution is 4.91. The minimum Gasteiger partial charge on any atom is -0.325 e. The Labute approximate surface area is 70.7 Å². The first-order valence-corrected chi connectivity index (χ1v) is 4.41. The molecule has 1 saturated carbocycles. The zero-order chi connectivity index (χ0) is 8.77. The SMILES string of the molecule is NC1CN(CC2CC(F)(F)C2)C1. The van der Waals surface area contributed by atoms with E-state index >= 15 is 0 Å². The molecule has 2 aliphatic rings. The van der Waals surface area contributed by atoms with E-state index in [1.54, 1.807) is 0 Å². The van der Waals surface area contributed by atoms with Gasteiger partial charge in [-0.25, -0.2) is 8.78 Å². The molecule has 2 N–H and O–H groups in total. The third-order valence-electron chi connectivity index (χ3n) is 2.68. The van der Waals surface area contributed by atoms with Gasteiger partial charge in [0.1, 0.15) is 0 Å². The van der Waals surface area contributed by atoms with Crippen molar-refractivity contribution in [2.24, 2.45) is 11.7 Å². The molecule has 0 amide bonds. The van der Waals surface area contributed by atoms with E-state index in [-0.39, 0.29) is 24.8 Å². The second-order valence-electron chi connectivity index (χ2n) is 4.11. The maximum absolute atomic E-state index is 12.4. The molecule has 12 heavy (non-hydrogen) atoms. The molecule has 1 saturated heterocycles. The van der Waals surface area contributed by atoms with Gasteiger partial charge in [0.15, 0.2) is 0 Å². The number of alkyl halides is 2. The molecule has 70 valence electrons. The number of halogens is 2. The molecule has 0 aromatic rings. The predicted octanol–water partition coefficient (Wildman–Crippen LogP) is 0.675. The van der Waals surface area contributed by atoms with Crippen molar-refractivity contribution in [3.63, 3.8) is 0 Å². The van der Waals surface area contributed by atoms with E-state index in [9.17, 15) is 8.78 Å². The van der Waals surface area contributed by atoms with Gasteiger partial charge in [0.25, 0.3) is 0 Å². The van der Waals surface area contributed by atoms with Crippen LogP contribution in [0.5, 0.6) is 0 Å². The van der Waals surface area contributed by atoms with Crippen LogP contribution in [0.15, 0.2) is 0 Å². The van der Waals surface area contributed by atoms with Crippen LogP contribution < -0.4 is 5.73 Å². The minimum absolute atomic E-state index is 0.0821. The van der Waals surface area contributed by atoms with E-state index in [1.165, 1.54) is 0 Å². The Morgan fingerprint density at radius 3 is 2.33 bits per heavy atom. The second kappa shape index (κ2) is 2.64. The Bertz CT molecular complexity index is 170. The molecule has 4 heteroatoms. The number of hydrogen-bond acceptors (Lipinski definition) is 2. The molecular weight excluding hydrogens is 162 g/mol. The summed E-state index contributed by atoms with van der Waals surface area (Å²) >= 11 is 0. The lowest BCUT2D eigenvalue weighted by molar-refractivity contribution is -0.119. The number of nitrogens with zero attached hydrogens (tertiary/aromatic N) is 1. The minimum atomic E-state index is -2.36. The average Bonchev–Trinajstić information content (AvgIpc) is 1.80. The van der Waals surface area contributed by atoms with Crippen molar-refractivity contribution in [2.75, 3.05) is 19.6 Å². The largest absolute Gasteiger partial charge is 0.325 e. The predicted molar refractivity (Wildman–Crippen MR) is 42.1 cm³/mol. The van der Waals surface area contributed by atoms with Crippen molar-refractivity contribution < 1.29 is 8.78 Å². The molecule has 2 rings (SSSR count). The van der Waals surface area contributed by atoms with Crippen LogP contribution in [-0.4, -0.2) is 36.5 Å². The number of likely N-dealkylation sites (tertiary alicyclic amines) is 1. The number of hydrogen-bond donors (Lipinski definition) is 1. The molecule has 0 radical (unpaired) electrons. The summed E-state index contributed by atoms with van der Waals surface area (Å²) in [5.41, 5.74) is 5.57. The molecular formula is C8H14F2N2. The van der Waals surface area contributed by atoms with E-state index in [0.717, 1.165) is 19.6 Å². The Morgan fingerprint density at radius 2 is 1.92 bits per heavy atom. The lowest BCUT2D eigenvalue weighted by Gasteiger charge is -2.43. The Morgan fingerprint density at radius 1 is 1.33 bits per heavy atom. The summed E-state index contributed by atoms with van der Waals surface area (Å²) in [4.78, 5) is 2.16. The molecule has 0 aromatic carbocycles. The maximum atomic E-state index is 12.4. The van der Waals surface area contributed by atoms with Crippen LogP contribution >= 0.6 is 0 Å². The zero-order valence-corrected chi connectivity index (χ0v) is 6.97. The van der Waals surface area contributed by atoms with Crippen molar-refractivity contribution in [2.45, 2.75) is 24.8 Å². The molecule has 2 nitrogen and oxygen atoms in total. The zero-order valence-electron chi connectivity index (χ0n) is 6.97. The van der Waals surface area contributed by atoms with Gasteiger partial charge >= 0.3 is 0 Å². The summed E-state index contributed by atoms with van der Waals surface area (Å²) in [7, 11) is 0. The van der Waals surface area contributed by atoms with Gasteiger partial charge in [0.2, 0.25) is 5.92 Å². The summed E-state index contributed by atoms with van der Waals surface area (Å²) in [5, 5.41) is 0. The fraction of sp³-hybridized carbons (Fsp3) is 1.00. The van der Waals surface area contributed by atoms with Crippen molar-refractivity contribution in [1.82, 2.24) is 4.90 Å². The van der Waals surface area contributed by atoms with Crippen LogP contribution in [-0.2, 0) is 0 Å². The number of nitrogens with two attached hydrogens (primary N) is 1. The molecule has 0 atom stereocenters. The molecule has 0 aromatic heterocycles. The summed E-state index contributed by atoms with van der Waals surface area (Å²) in [6.07, 6.45) is 0.164. The summed E-state index contributed by atoms with van der Waals surface area (Å²) in [6, 6.07) is 0.283. The molecule has 1 aliphatic carbocycles. The smallest absolute Gasteiger partial charge is 0.248 e. The lowest BCUT2D eigenvalue weighted by atomic mass is 9.80. The van der Waals surface area contributed by atoms with E-state index in [2.05, 4.69) is 4.90 Å². The van der Waals surface area contributed by atoms with Crippen molar-refractivity contribution in [1.29, 1.82) is 0 Å². The first-order chi connectivity index (χ1) is 5.55. The van der Waals surface area contributed by atoms with Crippen molar-refractivity contribution in [3.8, 4) is 0 Å². The third kappa shape index (κ3) is 1.59. The highest BCUT2D eigenvalue weighted by Gasteiger charge is 2.46. The van der Waals surface area contributed by atoms with Crippen LogP contribution in [0.1, 0.15) is 12.8 Å². The van der Waals surface area contributed by atoms with Crippen LogP contribution in [0.3, 0.4) is 0 Å². The Hall–Kier alpha value is -0.220. The quantitative estimate of drug-likeness (QED) is 0.670. The maximum Gasteiger partial charge on any atom is 0.248 e. The van der Waals surface area contributed by atoms with Gasteiger partial charge in [0.05, 0.1) is 0 Å². The molecule has 1 heterocycles. The van der Waals surface area contributed by atoms with E-state index in [0.29, 0.717) is 0 Å². The van der Waals surface area contributed by atoms with Gasteiger partial charge in [0, 0.05) is 38.5 Å². The fourth-order valence-electron chi connectivity index (χ4n) is 2.04. The average molecular weight is 176 g/mol. The van der Waals surface area contributed by atoms with E-state index < -0.39 is 5.92 Å². The van der Waals surface area contributed by atoms with Crippen molar-refractivity contribution in [3.05, 3.63) is 0 Å². The fourth-order valence-corrected chi connectivity index (χ4v) is 2.04. The summed E-state index contributed by atoms with van der Waals surface area (Å²) in [6.45, 7) is 2.60. The Kier molecular flexibility index (Phi) is 1.84. The highest BCUT2D eigenvalue weighted by Crippen LogP contribution is 2.42. The van der Waals surface area contributed by atoms with E-state index in [1.807, 2.05) is 0 Å². The molecule has 0 bridgehead atoms. The molecule has 1 aliphatic heterocycles. The van der Waals surface area contributed by atoms with Gasteiger partial charge in [-0.1, -0.05) is 0 Å². The molecule has 0 spiro atoms. The van der Waals surface area contributed by atoms with Crippen LogP contribution in [0.25, 0.3) is 0 Å². The highest BCUT2D eigenvalue weighted by atomic mass is 19.3. The van der Waals surface area contributed by atoms with Gasteiger partial charge in [-0.15, -0.1) is 0 Å². The summed E-state index contributed by atoms with van der Waals surface area (Å²) < 4.78 is 24.8. The lowest BCUT2D eigenvalue weighted by Crippen LogP contribution is -2.58. The Balaban J connectivity index is 1.64. The third-order valence-corrected chi connectivity index (χ3v) is 2.68. The van der Waals surface area contributed by atoms with Gasteiger partial charge in [-0.3, -0.25) is 4.90 Å². The summed E-state index contributed by atoms with van der Waals surface area (Å²) in [5.74, 6) is -2.15. The first kappa shape index (κ1) is 8.38. The number of rotatable bonds is 2. The van der Waals surface area contributed by atoms with Crippen LogP contribution in [0, 0.1) is 5.92 Å². The topological polar surface area (TPSA) is 29.3 Å². The van der Waals surface area contributed by atoms with Gasteiger partial charge in [-0.05, 0) is 5.92 Å². The van der Waals surface area contributed by atoms with Crippen molar-refractivity contribution >= 4 is 0 Å². The van der Waals surface area contributed by atoms with E-state index in [4.69, 9.17) is 5.73 Å². The molecule has 0 unspecified atom stereocenters. The molecule has 2 fully saturated rings. The second-order valence-corrected chi connectivity index (χ2v) is 4.11. The standard InChI is InChI=1S/C8H14F2N2/c9-8(10)1-6(2-8)3-12-4-7(11)5-12/h6-7H,1-5,11H2.